The van der Waals surface area contributed by atoms with Crippen molar-refractivity contribution in [3.63, 3.8) is 0 Å². The summed E-state index contributed by atoms with van der Waals surface area (Å²) in [6.45, 7) is -0.256. The number of rotatable bonds is 11. The largest absolute Gasteiger partial charge is 0.617 e. The highest BCUT2D eigenvalue weighted by atomic mass is 32.2. The quantitative estimate of drug-likeness (QED) is 0.0905. The van der Waals surface area contributed by atoms with Crippen molar-refractivity contribution < 1.29 is 41.4 Å². The Balaban J connectivity index is 0.00000441. The molecule has 0 spiro atoms. The summed E-state index contributed by atoms with van der Waals surface area (Å²) in [6.07, 6.45) is -0.548. The third-order valence-corrected chi connectivity index (χ3v) is 6.95. The van der Waals surface area contributed by atoms with Crippen LogP contribution >= 0.6 is 0 Å². The molecule has 40 heavy (non-hydrogen) atoms. The molecule has 9 nitrogen and oxygen atoms in total. The van der Waals surface area contributed by atoms with Crippen LogP contribution in [0.25, 0.3) is 10.9 Å². The van der Waals surface area contributed by atoms with E-state index in [2.05, 4.69) is 5.32 Å². The Morgan fingerprint density at radius 2 is 1.68 bits per heavy atom. The van der Waals surface area contributed by atoms with Gasteiger partial charge in [-0.15, -0.1) is 4.73 Å². The van der Waals surface area contributed by atoms with Gasteiger partial charge in [0.25, 0.3) is 5.52 Å². The van der Waals surface area contributed by atoms with Crippen molar-refractivity contribution >= 4 is 21.0 Å². The molecule has 1 aromatic heterocycles. The number of hydrogen-bond acceptors (Lipinski definition) is 7. The number of aliphatic hydroxyl groups is 1. The molecule has 12 heteroatoms. The number of halogens is 2. The molecular weight excluding hydrogens is 546 g/mol. The summed E-state index contributed by atoms with van der Waals surface area (Å²) < 4.78 is 65.8. The fourth-order valence-corrected chi connectivity index (χ4v) is 4.63. The number of benzene rings is 3. The first-order valence-electron chi connectivity index (χ1n) is 11.9. The van der Waals surface area contributed by atoms with Gasteiger partial charge in [0, 0.05) is 18.2 Å². The summed E-state index contributed by atoms with van der Waals surface area (Å²) >= 11 is 0. The second-order valence-electron chi connectivity index (χ2n) is 8.85. The van der Waals surface area contributed by atoms with Crippen molar-refractivity contribution in [2.24, 2.45) is 0 Å². The van der Waals surface area contributed by atoms with Gasteiger partial charge in [0.2, 0.25) is 0 Å². The molecule has 0 saturated heterocycles. The summed E-state index contributed by atoms with van der Waals surface area (Å²) in [4.78, 5) is 0. The van der Waals surface area contributed by atoms with Gasteiger partial charge in [0.05, 0.1) is 11.5 Å². The summed E-state index contributed by atoms with van der Waals surface area (Å²) in [6, 6.07) is 18.8. The van der Waals surface area contributed by atoms with Gasteiger partial charge in [-0.2, -0.15) is 17.2 Å². The highest BCUT2D eigenvalue weighted by Crippen LogP contribution is 2.30. The van der Waals surface area contributed by atoms with E-state index in [9.17, 15) is 37.2 Å². The van der Waals surface area contributed by atoms with Crippen LogP contribution in [0.3, 0.4) is 0 Å². The molecule has 4 aromatic rings. The van der Waals surface area contributed by atoms with E-state index in [1.165, 1.54) is 24.3 Å². The van der Waals surface area contributed by atoms with Crippen LogP contribution in [0.5, 0.6) is 11.5 Å². The zero-order valence-corrected chi connectivity index (χ0v) is 21.3. The van der Waals surface area contributed by atoms with E-state index in [0.717, 1.165) is 17.7 Å². The minimum absolute atomic E-state index is 0. The molecule has 1 heterocycles. The summed E-state index contributed by atoms with van der Waals surface area (Å²) in [7, 11) is -4.82. The number of fused-ring (bicyclic) bond motifs is 1. The number of nitrogens with zero attached hydrogens (tertiary/aromatic N) is 1. The van der Waals surface area contributed by atoms with Gasteiger partial charge < -0.3 is 25.5 Å². The van der Waals surface area contributed by atoms with Gasteiger partial charge >= 0.3 is 21.1 Å². The van der Waals surface area contributed by atoms with Crippen LogP contribution in [0.15, 0.2) is 83.9 Å². The molecule has 1 atom stereocenters. The molecule has 0 aliphatic carbocycles. The molecule has 3 aromatic carbocycles. The van der Waals surface area contributed by atoms with Crippen molar-refractivity contribution in [3.8, 4) is 11.5 Å². The molecule has 0 amide bonds. The molecule has 0 unspecified atom stereocenters. The Bertz CT molecular complexity index is 1550. The third-order valence-electron chi connectivity index (χ3n) is 6.12. The van der Waals surface area contributed by atoms with Gasteiger partial charge in [-0.1, -0.05) is 56.0 Å². The lowest BCUT2D eigenvalue weighted by molar-refractivity contribution is -0.620. The SMILES string of the molecule is C.O=S(=O)(O)c1ccc2c([C@@H](O)CNCCc3ccc(OCC(F)(F)c4ccccc4)cc3)ccc(O)c2[n+]1[O-]. The molecule has 0 aliphatic heterocycles. The van der Waals surface area contributed by atoms with Gasteiger partial charge in [-0.3, -0.25) is 4.55 Å². The van der Waals surface area contributed by atoms with E-state index in [-0.39, 0.29) is 35.2 Å². The number of hydrogen-bond donors (Lipinski definition) is 4. The fraction of sp³-hybridized carbons (Fsp3) is 0.250. The molecular formula is C28H30F2N2O7S. The standard InChI is InChI=1S/C27H26F2N2O7S.CH4/c28-27(29,19-4-2-1-3-5-19)17-38-20-8-6-18(7-9-20)14-15-30-16-24(33)21-10-12-23(32)26-22(21)11-13-25(31(26)34)39(35,36)37;/h1-13,24,30,32-33H,14-17H2,(H,35,36,37);1H4/t24-;/m0./s1. The van der Waals surface area contributed by atoms with Crippen molar-refractivity contribution in [2.75, 3.05) is 19.7 Å². The molecule has 0 radical (unpaired) electrons. The van der Waals surface area contributed by atoms with Crippen LogP contribution in [0.1, 0.15) is 30.2 Å². The highest BCUT2D eigenvalue weighted by Gasteiger charge is 2.32. The van der Waals surface area contributed by atoms with Crippen LogP contribution in [-0.4, -0.2) is 42.9 Å². The monoisotopic (exact) mass is 576 g/mol. The van der Waals surface area contributed by atoms with Crippen LogP contribution in [-0.2, 0) is 22.5 Å². The number of alkyl halides is 2. The van der Waals surface area contributed by atoms with Gasteiger partial charge in [0.1, 0.15) is 5.75 Å². The van der Waals surface area contributed by atoms with E-state index >= 15 is 0 Å². The van der Waals surface area contributed by atoms with Crippen LogP contribution in [0, 0.1) is 5.21 Å². The number of nitrogens with one attached hydrogen (secondary N) is 1. The van der Waals surface area contributed by atoms with Crippen LogP contribution < -0.4 is 14.8 Å². The lowest BCUT2D eigenvalue weighted by atomic mass is 10.0. The molecule has 0 saturated carbocycles. The Hall–Kier alpha value is -3.84. The zero-order valence-electron chi connectivity index (χ0n) is 20.5. The smallest absolute Gasteiger partial charge is 0.356 e. The summed E-state index contributed by atoms with van der Waals surface area (Å²) in [5.74, 6) is -3.32. The fourth-order valence-electron chi connectivity index (χ4n) is 4.09. The van der Waals surface area contributed by atoms with E-state index < -0.39 is 45.0 Å². The van der Waals surface area contributed by atoms with Crippen LogP contribution in [0.2, 0.25) is 0 Å². The normalized spacial score (nSPS) is 12.6. The lowest BCUT2D eigenvalue weighted by Crippen LogP contribution is -2.35. The number of phenolic OH excluding ortho intramolecular Hbond substituents is 1. The minimum Gasteiger partial charge on any atom is -0.617 e. The second kappa shape index (κ2) is 12.6. The molecule has 214 valence electrons. The predicted octanol–water partition coefficient (Wildman–Crippen LogP) is 4.10. The van der Waals surface area contributed by atoms with E-state index in [1.807, 2.05) is 0 Å². The molecule has 4 N–H and O–H groups in total. The number of pyridine rings is 1. The maximum absolute atomic E-state index is 14.3. The van der Waals surface area contributed by atoms with Crippen molar-refractivity contribution in [1.82, 2.24) is 5.32 Å². The number of ether oxygens (including phenoxy) is 1. The maximum Gasteiger partial charge on any atom is 0.356 e. The van der Waals surface area contributed by atoms with Crippen molar-refractivity contribution in [3.05, 3.63) is 101 Å². The first-order valence-corrected chi connectivity index (χ1v) is 13.3. The summed E-state index contributed by atoms with van der Waals surface area (Å²) in [5, 5.41) is 35.5. The molecule has 0 bridgehead atoms. The third kappa shape index (κ3) is 7.02. The first-order chi connectivity index (χ1) is 18.5. The van der Waals surface area contributed by atoms with E-state index in [1.54, 1.807) is 42.5 Å². The predicted molar refractivity (Wildman–Crippen MR) is 145 cm³/mol. The first kappa shape index (κ1) is 30.7. The Kier molecular flexibility index (Phi) is 9.64. The van der Waals surface area contributed by atoms with Crippen molar-refractivity contribution in [2.45, 2.75) is 30.9 Å². The van der Waals surface area contributed by atoms with E-state index in [0.29, 0.717) is 18.7 Å². The van der Waals surface area contributed by atoms with Crippen molar-refractivity contribution in [1.29, 1.82) is 0 Å². The average molecular weight is 577 g/mol. The van der Waals surface area contributed by atoms with Gasteiger partial charge in [0.15, 0.2) is 12.4 Å². The Morgan fingerprint density at radius 1 is 1.00 bits per heavy atom. The zero-order chi connectivity index (χ0) is 28.2. The molecule has 4 rings (SSSR count). The number of aromatic hydroxyl groups is 1. The van der Waals surface area contributed by atoms with Crippen LogP contribution in [0.4, 0.5) is 8.78 Å². The van der Waals surface area contributed by atoms with E-state index in [4.69, 9.17) is 4.74 Å². The lowest BCUT2D eigenvalue weighted by Gasteiger charge is -2.17. The Morgan fingerprint density at radius 3 is 2.33 bits per heavy atom. The Labute approximate surface area is 230 Å². The minimum atomic E-state index is -4.82. The maximum atomic E-state index is 14.3. The number of phenols is 1. The summed E-state index contributed by atoms with van der Waals surface area (Å²) in [5.41, 5.74) is 0.658. The average Bonchev–Trinajstić information content (AvgIpc) is 2.90. The number of aliphatic hydroxyl groups excluding tert-OH is 1. The van der Waals surface area contributed by atoms with Gasteiger partial charge in [-0.25, -0.2) is 0 Å². The molecule has 0 fully saturated rings. The second-order valence-corrected chi connectivity index (χ2v) is 10.2. The molecule has 0 aliphatic rings. The highest BCUT2D eigenvalue weighted by molar-refractivity contribution is 7.85. The number of aromatic nitrogens is 1. The van der Waals surface area contributed by atoms with Gasteiger partial charge in [-0.05, 0) is 48.4 Å². The topological polar surface area (TPSA) is 143 Å².